The summed E-state index contributed by atoms with van der Waals surface area (Å²) in [6.07, 6.45) is -0.387. The van der Waals surface area contributed by atoms with E-state index in [0.717, 1.165) is 30.2 Å². The number of aliphatic hydroxyl groups excluding tert-OH is 2. The fourth-order valence-electron chi connectivity index (χ4n) is 2.28. The van der Waals surface area contributed by atoms with Crippen molar-refractivity contribution in [1.82, 2.24) is 9.97 Å². The van der Waals surface area contributed by atoms with Gasteiger partial charge < -0.3 is 20.4 Å². The van der Waals surface area contributed by atoms with Crippen LogP contribution in [0.15, 0.2) is 0 Å². The van der Waals surface area contributed by atoms with Crippen LogP contribution in [0.1, 0.15) is 24.7 Å². The van der Waals surface area contributed by atoms with Gasteiger partial charge in [-0.25, -0.2) is 9.97 Å². The predicted molar refractivity (Wildman–Crippen MR) is 74.5 cm³/mol. The lowest BCUT2D eigenvalue weighted by Gasteiger charge is -2.21. The highest BCUT2D eigenvalue weighted by Gasteiger charge is 2.31. The number of aryl methyl sites for hydroxylation is 1. The van der Waals surface area contributed by atoms with Crippen LogP contribution in [0, 0.1) is 13.8 Å². The third-order valence-corrected chi connectivity index (χ3v) is 3.33. The van der Waals surface area contributed by atoms with E-state index in [9.17, 15) is 10.2 Å². The van der Waals surface area contributed by atoms with Gasteiger partial charge in [0.15, 0.2) is 0 Å². The van der Waals surface area contributed by atoms with Crippen LogP contribution >= 0.6 is 0 Å². The standard InChI is InChI=1S/C13H22N4O2/c1-4-5-14-12-8(2)13(16-9(3)15-12)17-6-10(18)11(19)7-17/h10-11,18-19H,4-7H2,1-3H3,(H,14,15,16). The summed E-state index contributed by atoms with van der Waals surface area (Å²) in [7, 11) is 0. The van der Waals surface area contributed by atoms with Crippen LogP contribution in [0.25, 0.3) is 0 Å². The molecule has 2 atom stereocenters. The van der Waals surface area contributed by atoms with Gasteiger partial charge in [-0.1, -0.05) is 6.92 Å². The second-order valence-electron chi connectivity index (χ2n) is 5.03. The lowest BCUT2D eigenvalue weighted by Crippen LogP contribution is -2.24. The first-order chi connectivity index (χ1) is 9.02. The number of hydrogen-bond acceptors (Lipinski definition) is 6. The lowest BCUT2D eigenvalue weighted by molar-refractivity contribution is 0.0572. The summed E-state index contributed by atoms with van der Waals surface area (Å²) < 4.78 is 0. The van der Waals surface area contributed by atoms with Gasteiger partial charge in [0, 0.05) is 25.2 Å². The van der Waals surface area contributed by atoms with Gasteiger partial charge in [0.05, 0.1) is 12.2 Å². The summed E-state index contributed by atoms with van der Waals surface area (Å²) in [5, 5.41) is 22.6. The molecule has 2 rings (SSSR count). The van der Waals surface area contributed by atoms with Crippen molar-refractivity contribution < 1.29 is 10.2 Å². The Morgan fingerprint density at radius 2 is 1.84 bits per heavy atom. The van der Waals surface area contributed by atoms with Gasteiger partial charge in [-0.15, -0.1) is 0 Å². The summed E-state index contributed by atoms with van der Waals surface area (Å²) in [5.41, 5.74) is 0.959. The average molecular weight is 266 g/mol. The summed E-state index contributed by atoms with van der Waals surface area (Å²) in [4.78, 5) is 10.8. The normalized spacial score (nSPS) is 22.9. The molecule has 1 aliphatic rings. The Morgan fingerprint density at radius 3 is 2.42 bits per heavy atom. The van der Waals surface area contributed by atoms with Crippen LogP contribution in [0.4, 0.5) is 11.6 Å². The highest BCUT2D eigenvalue weighted by molar-refractivity contribution is 5.59. The Hall–Kier alpha value is -1.40. The van der Waals surface area contributed by atoms with Gasteiger partial charge >= 0.3 is 0 Å². The van der Waals surface area contributed by atoms with Gasteiger partial charge in [-0.3, -0.25) is 0 Å². The van der Waals surface area contributed by atoms with E-state index in [0.29, 0.717) is 18.9 Å². The number of aliphatic hydroxyl groups is 2. The average Bonchev–Trinajstić information content (AvgIpc) is 2.70. The minimum absolute atomic E-state index is 0.408. The van der Waals surface area contributed by atoms with E-state index in [2.05, 4.69) is 22.2 Å². The molecule has 2 heterocycles. The third-order valence-electron chi connectivity index (χ3n) is 3.33. The monoisotopic (exact) mass is 266 g/mol. The van der Waals surface area contributed by atoms with Crippen LogP contribution in [0.3, 0.4) is 0 Å². The maximum atomic E-state index is 9.65. The number of nitrogens with one attached hydrogen (secondary N) is 1. The van der Waals surface area contributed by atoms with Gasteiger partial charge in [0.25, 0.3) is 0 Å². The number of hydrogen-bond donors (Lipinski definition) is 3. The Labute approximate surface area is 113 Å². The van der Waals surface area contributed by atoms with E-state index in [-0.39, 0.29) is 0 Å². The van der Waals surface area contributed by atoms with Crippen LogP contribution in [0.2, 0.25) is 0 Å². The van der Waals surface area contributed by atoms with Gasteiger partial charge in [-0.05, 0) is 20.3 Å². The molecule has 1 aromatic rings. The zero-order chi connectivity index (χ0) is 14.0. The molecule has 0 aromatic carbocycles. The zero-order valence-corrected chi connectivity index (χ0v) is 11.7. The number of nitrogens with zero attached hydrogens (tertiary/aromatic N) is 3. The van der Waals surface area contributed by atoms with Gasteiger partial charge in [-0.2, -0.15) is 0 Å². The third kappa shape index (κ3) is 2.96. The fourth-order valence-corrected chi connectivity index (χ4v) is 2.28. The van der Waals surface area contributed by atoms with Crippen molar-refractivity contribution in [2.45, 2.75) is 39.4 Å². The quantitative estimate of drug-likeness (QED) is 0.734. The predicted octanol–water partition coefficient (Wildman–Crippen LogP) is 0.457. The Bertz CT molecular complexity index is 443. The largest absolute Gasteiger partial charge is 0.389 e. The molecule has 19 heavy (non-hydrogen) atoms. The van der Waals surface area contributed by atoms with Crippen LogP contribution < -0.4 is 10.2 Å². The van der Waals surface area contributed by atoms with Crippen molar-refractivity contribution in [3.8, 4) is 0 Å². The van der Waals surface area contributed by atoms with Crippen molar-refractivity contribution in [3.63, 3.8) is 0 Å². The van der Waals surface area contributed by atoms with E-state index >= 15 is 0 Å². The first-order valence-corrected chi connectivity index (χ1v) is 6.73. The summed E-state index contributed by atoms with van der Waals surface area (Å²) in [6, 6.07) is 0. The molecule has 0 spiro atoms. The first-order valence-electron chi connectivity index (χ1n) is 6.73. The van der Waals surface area contributed by atoms with E-state index in [4.69, 9.17) is 0 Å². The van der Waals surface area contributed by atoms with Gasteiger partial charge in [0.1, 0.15) is 17.5 Å². The SMILES string of the molecule is CCCNc1nc(C)nc(N2CC(O)C(O)C2)c1C. The second-order valence-corrected chi connectivity index (χ2v) is 5.03. The summed E-state index contributed by atoms with van der Waals surface area (Å²) in [5.74, 6) is 2.32. The molecule has 0 saturated carbocycles. The van der Waals surface area contributed by atoms with E-state index in [1.165, 1.54) is 0 Å². The summed E-state index contributed by atoms with van der Waals surface area (Å²) >= 11 is 0. The number of aromatic nitrogens is 2. The maximum absolute atomic E-state index is 9.65. The minimum atomic E-state index is -0.707. The van der Waals surface area contributed by atoms with E-state index < -0.39 is 12.2 Å². The molecule has 0 aliphatic carbocycles. The molecule has 0 bridgehead atoms. The zero-order valence-electron chi connectivity index (χ0n) is 11.7. The summed E-state index contributed by atoms with van der Waals surface area (Å²) in [6.45, 7) is 7.59. The lowest BCUT2D eigenvalue weighted by atomic mass is 10.2. The molecule has 6 heteroatoms. The van der Waals surface area contributed by atoms with E-state index in [1.807, 2.05) is 18.7 Å². The van der Waals surface area contributed by atoms with Crippen LogP contribution in [-0.2, 0) is 0 Å². The van der Waals surface area contributed by atoms with Gasteiger partial charge in [0.2, 0.25) is 0 Å². The Kier molecular flexibility index (Phi) is 4.21. The van der Waals surface area contributed by atoms with Crippen LogP contribution in [0.5, 0.6) is 0 Å². The molecule has 2 unspecified atom stereocenters. The molecule has 1 aliphatic heterocycles. The molecule has 106 valence electrons. The molecule has 6 nitrogen and oxygen atoms in total. The second kappa shape index (κ2) is 5.71. The Morgan fingerprint density at radius 1 is 1.21 bits per heavy atom. The number of β-amino-alcohol motifs (C(OH)–C–C–N with tert-alkyl or cyclic N) is 2. The highest BCUT2D eigenvalue weighted by Crippen LogP contribution is 2.26. The molecule has 3 N–H and O–H groups in total. The first kappa shape index (κ1) is 14.0. The number of rotatable bonds is 4. The molecular weight excluding hydrogens is 244 g/mol. The van der Waals surface area contributed by atoms with Crippen molar-refractivity contribution in [1.29, 1.82) is 0 Å². The van der Waals surface area contributed by atoms with Crippen molar-refractivity contribution in [3.05, 3.63) is 11.4 Å². The molecule has 0 amide bonds. The molecule has 1 fully saturated rings. The fraction of sp³-hybridized carbons (Fsp3) is 0.692. The molecule has 1 aromatic heterocycles. The molecule has 0 radical (unpaired) electrons. The minimum Gasteiger partial charge on any atom is -0.389 e. The van der Waals surface area contributed by atoms with Crippen molar-refractivity contribution in [2.75, 3.05) is 29.9 Å². The Balaban J connectivity index is 2.27. The van der Waals surface area contributed by atoms with Crippen molar-refractivity contribution in [2.24, 2.45) is 0 Å². The van der Waals surface area contributed by atoms with E-state index in [1.54, 1.807) is 0 Å². The maximum Gasteiger partial charge on any atom is 0.137 e. The number of anilines is 2. The highest BCUT2D eigenvalue weighted by atomic mass is 16.3. The smallest absolute Gasteiger partial charge is 0.137 e. The van der Waals surface area contributed by atoms with Crippen molar-refractivity contribution >= 4 is 11.6 Å². The van der Waals surface area contributed by atoms with Crippen LogP contribution in [-0.4, -0.2) is 52.0 Å². The molecular formula is C13H22N4O2. The molecule has 1 saturated heterocycles. The topological polar surface area (TPSA) is 81.5 Å².